The maximum absolute atomic E-state index is 6.07. The van der Waals surface area contributed by atoms with Gasteiger partial charge in [0.25, 0.3) is 0 Å². The first-order valence-electron chi connectivity index (χ1n) is 4.85. The van der Waals surface area contributed by atoms with Crippen LogP contribution in [0.15, 0.2) is 22.7 Å². The highest BCUT2D eigenvalue weighted by atomic mass is 79.9. The molecular formula is C11H15BrClN. The van der Waals surface area contributed by atoms with Gasteiger partial charge in [-0.3, -0.25) is 0 Å². The third-order valence-electron chi connectivity index (χ3n) is 2.23. The second-order valence-corrected chi connectivity index (χ2v) is 4.74. The van der Waals surface area contributed by atoms with Gasteiger partial charge in [0.1, 0.15) is 0 Å². The molecule has 0 aliphatic carbocycles. The molecule has 0 aliphatic rings. The van der Waals surface area contributed by atoms with Crippen LogP contribution in [0.5, 0.6) is 0 Å². The second-order valence-electron chi connectivity index (χ2n) is 3.41. The van der Waals surface area contributed by atoms with E-state index in [-0.39, 0.29) is 6.04 Å². The Bertz CT molecular complexity index is 301. The number of unbranched alkanes of at least 4 members (excludes halogenated alkanes) is 1. The summed E-state index contributed by atoms with van der Waals surface area (Å²) in [4.78, 5) is 0. The lowest BCUT2D eigenvalue weighted by Crippen LogP contribution is -2.10. The molecule has 0 aliphatic heterocycles. The molecule has 1 aromatic carbocycles. The van der Waals surface area contributed by atoms with Crippen LogP contribution in [0, 0.1) is 0 Å². The van der Waals surface area contributed by atoms with Crippen LogP contribution in [0.4, 0.5) is 0 Å². The van der Waals surface area contributed by atoms with Crippen LogP contribution in [0.2, 0.25) is 5.02 Å². The first kappa shape index (κ1) is 12.0. The Labute approximate surface area is 98.8 Å². The number of nitrogens with two attached hydrogens (primary N) is 1. The minimum Gasteiger partial charge on any atom is -0.324 e. The summed E-state index contributed by atoms with van der Waals surface area (Å²) < 4.78 is 1.03. The molecule has 2 N–H and O–H groups in total. The Morgan fingerprint density at radius 3 is 2.86 bits per heavy atom. The van der Waals surface area contributed by atoms with Crippen molar-refractivity contribution < 1.29 is 0 Å². The van der Waals surface area contributed by atoms with Crippen molar-refractivity contribution in [2.75, 3.05) is 0 Å². The Balaban J connectivity index is 2.77. The molecule has 0 aromatic heterocycles. The van der Waals surface area contributed by atoms with Gasteiger partial charge in [-0.15, -0.1) is 0 Å². The van der Waals surface area contributed by atoms with Crippen LogP contribution in [-0.2, 0) is 0 Å². The molecule has 0 amide bonds. The molecule has 14 heavy (non-hydrogen) atoms. The molecular weight excluding hydrogens is 261 g/mol. The van der Waals surface area contributed by atoms with Crippen molar-refractivity contribution in [3.8, 4) is 0 Å². The second kappa shape index (κ2) is 5.74. The molecule has 0 bridgehead atoms. The summed E-state index contributed by atoms with van der Waals surface area (Å²) in [5.74, 6) is 0. The summed E-state index contributed by atoms with van der Waals surface area (Å²) in [7, 11) is 0. The molecule has 0 spiro atoms. The van der Waals surface area contributed by atoms with Crippen molar-refractivity contribution in [1.29, 1.82) is 0 Å². The lowest BCUT2D eigenvalue weighted by atomic mass is 10.0. The first-order chi connectivity index (χ1) is 6.65. The predicted molar refractivity (Wildman–Crippen MR) is 65.6 cm³/mol. The zero-order chi connectivity index (χ0) is 10.6. The number of hydrogen-bond acceptors (Lipinski definition) is 1. The average Bonchev–Trinajstić information content (AvgIpc) is 2.18. The van der Waals surface area contributed by atoms with Gasteiger partial charge in [0.15, 0.2) is 0 Å². The normalized spacial score (nSPS) is 12.9. The van der Waals surface area contributed by atoms with Crippen LogP contribution in [0.3, 0.4) is 0 Å². The van der Waals surface area contributed by atoms with E-state index in [0.717, 1.165) is 27.9 Å². The standard InChI is InChI=1S/C11H15BrClN/c1-2-3-4-11(14)9-7-8(12)5-6-10(9)13/h5-7,11H,2-4,14H2,1H3/t11-/m1/s1. The summed E-state index contributed by atoms with van der Waals surface area (Å²) in [6.45, 7) is 2.16. The number of rotatable bonds is 4. The number of benzene rings is 1. The van der Waals surface area contributed by atoms with Gasteiger partial charge in [0.05, 0.1) is 0 Å². The van der Waals surface area contributed by atoms with Crippen molar-refractivity contribution in [2.24, 2.45) is 5.73 Å². The van der Waals surface area contributed by atoms with Gasteiger partial charge in [-0.1, -0.05) is 47.3 Å². The van der Waals surface area contributed by atoms with Gasteiger partial charge < -0.3 is 5.73 Å². The highest BCUT2D eigenvalue weighted by Crippen LogP contribution is 2.27. The molecule has 1 aromatic rings. The summed E-state index contributed by atoms with van der Waals surface area (Å²) in [6, 6.07) is 5.87. The SMILES string of the molecule is CCCC[C@@H](N)c1cc(Br)ccc1Cl. The minimum atomic E-state index is 0.0555. The average molecular weight is 277 g/mol. The summed E-state index contributed by atoms with van der Waals surface area (Å²) in [5, 5.41) is 0.761. The topological polar surface area (TPSA) is 26.0 Å². The molecule has 78 valence electrons. The van der Waals surface area contributed by atoms with Gasteiger partial charge in [0, 0.05) is 15.5 Å². The Hall–Kier alpha value is -0.0500. The molecule has 1 rings (SSSR count). The van der Waals surface area contributed by atoms with Crippen molar-refractivity contribution in [2.45, 2.75) is 32.2 Å². The van der Waals surface area contributed by atoms with E-state index < -0.39 is 0 Å². The number of hydrogen-bond donors (Lipinski definition) is 1. The molecule has 0 heterocycles. The largest absolute Gasteiger partial charge is 0.324 e. The molecule has 1 nitrogen and oxygen atoms in total. The zero-order valence-corrected chi connectivity index (χ0v) is 10.6. The molecule has 3 heteroatoms. The van der Waals surface area contributed by atoms with Crippen LogP contribution in [-0.4, -0.2) is 0 Å². The fourth-order valence-electron chi connectivity index (χ4n) is 1.38. The molecule has 0 unspecified atom stereocenters. The third-order valence-corrected chi connectivity index (χ3v) is 3.06. The lowest BCUT2D eigenvalue weighted by molar-refractivity contribution is 0.603. The van der Waals surface area contributed by atoms with Gasteiger partial charge in [-0.25, -0.2) is 0 Å². The molecule has 0 saturated heterocycles. The minimum absolute atomic E-state index is 0.0555. The van der Waals surface area contributed by atoms with E-state index in [1.807, 2.05) is 18.2 Å². The summed E-state index contributed by atoms with van der Waals surface area (Å²) in [5.41, 5.74) is 7.08. The third kappa shape index (κ3) is 3.26. The van der Waals surface area contributed by atoms with Crippen molar-refractivity contribution in [3.63, 3.8) is 0 Å². The maximum atomic E-state index is 6.07. The molecule has 1 atom stereocenters. The van der Waals surface area contributed by atoms with Gasteiger partial charge >= 0.3 is 0 Å². The van der Waals surface area contributed by atoms with Crippen molar-refractivity contribution in [3.05, 3.63) is 33.3 Å². The first-order valence-corrected chi connectivity index (χ1v) is 6.02. The highest BCUT2D eigenvalue weighted by molar-refractivity contribution is 9.10. The van der Waals surface area contributed by atoms with Crippen LogP contribution in [0.1, 0.15) is 37.8 Å². The van der Waals surface area contributed by atoms with Gasteiger partial charge in [-0.2, -0.15) is 0 Å². The smallest absolute Gasteiger partial charge is 0.0454 e. The highest BCUT2D eigenvalue weighted by Gasteiger charge is 2.09. The summed E-state index contributed by atoms with van der Waals surface area (Å²) in [6.07, 6.45) is 3.30. The van der Waals surface area contributed by atoms with Crippen LogP contribution >= 0.6 is 27.5 Å². The fraction of sp³-hybridized carbons (Fsp3) is 0.455. The van der Waals surface area contributed by atoms with Gasteiger partial charge in [-0.05, 0) is 30.2 Å². The monoisotopic (exact) mass is 275 g/mol. The maximum Gasteiger partial charge on any atom is 0.0454 e. The molecule has 0 radical (unpaired) electrons. The van der Waals surface area contributed by atoms with Crippen molar-refractivity contribution >= 4 is 27.5 Å². The van der Waals surface area contributed by atoms with E-state index in [1.54, 1.807) is 0 Å². The lowest BCUT2D eigenvalue weighted by Gasteiger charge is -2.13. The Morgan fingerprint density at radius 1 is 1.50 bits per heavy atom. The Morgan fingerprint density at radius 2 is 2.21 bits per heavy atom. The van der Waals surface area contributed by atoms with Crippen LogP contribution in [0.25, 0.3) is 0 Å². The van der Waals surface area contributed by atoms with E-state index in [0.29, 0.717) is 0 Å². The van der Waals surface area contributed by atoms with E-state index in [1.165, 1.54) is 6.42 Å². The molecule has 0 fully saturated rings. The van der Waals surface area contributed by atoms with E-state index in [9.17, 15) is 0 Å². The van der Waals surface area contributed by atoms with Gasteiger partial charge in [0.2, 0.25) is 0 Å². The van der Waals surface area contributed by atoms with Crippen LogP contribution < -0.4 is 5.73 Å². The fourth-order valence-corrected chi connectivity index (χ4v) is 2.01. The van der Waals surface area contributed by atoms with Crippen molar-refractivity contribution in [1.82, 2.24) is 0 Å². The zero-order valence-electron chi connectivity index (χ0n) is 8.26. The predicted octanol–water partition coefficient (Wildman–Crippen LogP) is 4.29. The van der Waals surface area contributed by atoms with E-state index in [4.69, 9.17) is 17.3 Å². The Kier molecular flexibility index (Phi) is 4.93. The quantitative estimate of drug-likeness (QED) is 0.872. The number of halogens is 2. The molecule has 0 saturated carbocycles. The van der Waals surface area contributed by atoms with E-state index >= 15 is 0 Å². The van der Waals surface area contributed by atoms with E-state index in [2.05, 4.69) is 22.9 Å². The summed E-state index contributed by atoms with van der Waals surface area (Å²) >= 11 is 9.49.